The Morgan fingerprint density at radius 3 is 2.52 bits per heavy atom. The molecule has 1 aromatic carbocycles. The summed E-state index contributed by atoms with van der Waals surface area (Å²) in [5.74, 6) is 1.55. The molecule has 2 fully saturated rings. The minimum atomic E-state index is -0.543. The van der Waals surface area contributed by atoms with Gasteiger partial charge in [0.15, 0.2) is 28.8 Å². The zero-order valence-corrected chi connectivity index (χ0v) is 17.0. The zero-order chi connectivity index (χ0) is 18.8. The summed E-state index contributed by atoms with van der Waals surface area (Å²) in [7, 11) is 0. The molecule has 1 aromatic heterocycles. The van der Waals surface area contributed by atoms with Crippen LogP contribution in [0.15, 0.2) is 42.6 Å². The fraction of sp³-hybridized carbons (Fsp3) is 0.450. The number of nitrogens with zero attached hydrogens (tertiary/aromatic N) is 2. The van der Waals surface area contributed by atoms with E-state index in [2.05, 4.69) is 9.88 Å². The highest BCUT2D eigenvalue weighted by Gasteiger charge is 2.42. The SMILES string of the molecule is OC(CN1C[C@H]2C[C@H](Oc3cccnc3F)C[C@H]2C1)c1ccc(OI)cc1. The third-order valence-corrected chi connectivity index (χ3v) is 6.10. The van der Waals surface area contributed by atoms with E-state index < -0.39 is 12.1 Å². The van der Waals surface area contributed by atoms with Crippen LogP contribution in [0.2, 0.25) is 0 Å². The molecule has 4 rings (SSSR count). The van der Waals surface area contributed by atoms with Crippen LogP contribution >= 0.6 is 23.0 Å². The first-order valence-corrected chi connectivity index (χ1v) is 10.1. The highest BCUT2D eigenvalue weighted by molar-refractivity contribution is 14.1. The average Bonchev–Trinajstić information content (AvgIpc) is 3.21. The number of hydrogen-bond acceptors (Lipinski definition) is 5. The fourth-order valence-corrected chi connectivity index (χ4v) is 4.61. The first-order valence-electron chi connectivity index (χ1n) is 9.18. The van der Waals surface area contributed by atoms with Gasteiger partial charge in [-0.2, -0.15) is 4.39 Å². The molecule has 1 unspecified atom stereocenters. The van der Waals surface area contributed by atoms with E-state index in [9.17, 15) is 9.50 Å². The van der Waals surface area contributed by atoms with Crippen molar-refractivity contribution >= 4 is 23.0 Å². The molecule has 1 aliphatic carbocycles. The van der Waals surface area contributed by atoms with Crippen LogP contribution in [-0.2, 0) is 0 Å². The predicted molar refractivity (Wildman–Crippen MR) is 107 cm³/mol. The number of fused-ring (bicyclic) bond motifs is 1. The molecule has 1 aliphatic heterocycles. The predicted octanol–water partition coefficient (Wildman–Crippen LogP) is 3.77. The van der Waals surface area contributed by atoms with E-state index in [0.717, 1.165) is 37.2 Å². The van der Waals surface area contributed by atoms with Gasteiger partial charge in [-0.3, -0.25) is 4.90 Å². The number of hydrogen-bond donors (Lipinski definition) is 1. The van der Waals surface area contributed by atoms with Crippen molar-refractivity contribution in [1.82, 2.24) is 9.88 Å². The van der Waals surface area contributed by atoms with Gasteiger partial charge in [-0.05, 0) is 54.5 Å². The number of pyridine rings is 1. The van der Waals surface area contributed by atoms with Crippen LogP contribution in [0.5, 0.6) is 11.5 Å². The number of ether oxygens (including phenoxy) is 1. The highest BCUT2D eigenvalue weighted by Crippen LogP contribution is 2.40. The van der Waals surface area contributed by atoms with Gasteiger partial charge in [-0.1, -0.05) is 12.1 Å². The van der Waals surface area contributed by atoms with Crippen LogP contribution in [0.3, 0.4) is 0 Å². The second kappa shape index (κ2) is 8.28. The summed E-state index contributed by atoms with van der Waals surface area (Å²) < 4.78 is 24.6. The van der Waals surface area contributed by atoms with Crippen molar-refractivity contribution in [3.63, 3.8) is 0 Å². The molecule has 2 aromatic rings. The van der Waals surface area contributed by atoms with Crippen molar-refractivity contribution in [3.05, 3.63) is 54.1 Å². The molecule has 2 heterocycles. The minimum Gasteiger partial charge on any atom is -0.486 e. The van der Waals surface area contributed by atoms with Gasteiger partial charge in [0.1, 0.15) is 5.75 Å². The number of halogens is 2. The maximum Gasteiger partial charge on any atom is 0.255 e. The first kappa shape index (κ1) is 18.9. The molecule has 2 aliphatic rings. The summed E-state index contributed by atoms with van der Waals surface area (Å²) in [6.45, 7) is 2.53. The van der Waals surface area contributed by atoms with E-state index in [0.29, 0.717) is 18.4 Å². The molecule has 7 heteroatoms. The largest absolute Gasteiger partial charge is 0.486 e. The molecule has 0 spiro atoms. The molecule has 0 amide bonds. The normalized spacial score (nSPS) is 26.0. The Morgan fingerprint density at radius 1 is 1.19 bits per heavy atom. The highest BCUT2D eigenvalue weighted by atomic mass is 127. The molecular weight excluding hydrogens is 462 g/mol. The standard InChI is InChI=1S/C20H22FIN2O3/c21-20-19(2-1-7-23-20)26-17-8-14-10-24(11-15(14)9-17)12-18(25)13-3-5-16(27-22)6-4-13/h1-7,14-15,17-18,25H,8-12H2/t14-,15+,17+,18?. The maximum atomic E-state index is 13.7. The summed E-state index contributed by atoms with van der Waals surface area (Å²) >= 11 is 1.84. The van der Waals surface area contributed by atoms with Crippen molar-refractivity contribution in [2.45, 2.75) is 25.0 Å². The summed E-state index contributed by atoms with van der Waals surface area (Å²) in [6.07, 6.45) is 2.81. The Balaban J connectivity index is 1.28. The van der Waals surface area contributed by atoms with Crippen molar-refractivity contribution in [2.24, 2.45) is 11.8 Å². The number of aliphatic hydroxyl groups is 1. The van der Waals surface area contributed by atoms with Crippen LogP contribution in [0.4, 0.5) is 4.39 Å². The number of aromatic nitrogens is 1. The summed E-state index contributed by atoms with van der Waals surface area (Å²) in [4.78, 5) is 5.96. The number of likely N-dealkylation sites (tertiary alicyclic amines) is 1. The second-order valence-corrected chi connectivity index (χ2v) is 7.84. The smallest absolute Gasteiger partial charge is 0.255 e. The molecule has 144 valence electrons. The van der Waals surface area contributed by atoms with Gasteiger partial charge in [0.25, 0.3) is 5.95 Å². The van der Waals surface area contributed by atoms with Gasteiger partial charge in [-0.15, -0.1) is 0 Å². The van der Waals surface area contributed by atoms with Gasteiger partial charge < -0.3 is 12.9 Å². The van der Waals surface area contributed by atoms with Crippen molar-refractivity contribution in [3.8, 4) is 11.5 Å². The van der Waals surface area contributed by atoms with E-state index >= 15 is 0 Å². The third kappa shape index (κ3) is 4.35. The molecule has 1 saturated heterocycles. The Hall–Kier alpha value is -1.45. The number of benzene rings is 1. The number of aliphatic hydroxyl groups excluding tert-OH is 1. The molecule has 4 atom stereocenters. The van der Waals surface area contributed by atoms with Crippen molar-refractivity contribution < 1.29 is 17.3 Å². The Kier molecular flexibility index (Phi) is 5.79. The van der Waals surface area contributed by atoms with Gasteiger partial charge >= 0.3 is 0 Å². The number of β-amino-alcohol motifs (C(OH)–C–C–N with tert-alkyl or cyclic N) is 1. The quantitative estimate of drug-likeness (QED) is 0.500. The Morgan fingerprint density at radius 2 is 1.89 bits per heavy atom. The maximum absolute atomic E-state index is 13.7. The van der Waals surface area contributed by atoms with Crippen LogP contribution in [0, 0.1) is 17.8 Å². The van der Waals surface area contributed by atoms with Crippen LogP contribution in [-0.4, -0.2) is 40.7 Å². The van der Waals surface area contributed by atoms with Crippen LogP contribution < -0.4 is 7.80 Å². The summed E-state index contributed by atoms with van der Waals surface area (Å²) in [5, 5.41) is 10.5. The minimum absolute atomic E-state index is 0.0478. The van der Waals surface area contributed by atoms with Crippen LogP contribution in [0.1, 0.15) is 24.5 Å². The van der Waals surface area contributed by atoms with Gasteiger partial charge in [0, 0.05) is 25.8 Å². The molecule has 5 nitrogen and oxygen atoms in total. The lowest BCUT2D eigenvalue weighted by atomic mass is 10.0. The molecule has 0 bridgehead atoms. The topological polar surface area (TPSA) is 54.8 Å². The molecular formula is C20H22FIN2O3. The zero-order valence-electron chi connectivity index (χ0n) is 14.8. The van der Waals surface area contributed by atoms with Crippen molar-refractivity contribution in [1.29, 1.82) is 0 Å². The lowest BCUT2D eigenvalue weighted by Gasteiger charge is -2.22. The Bertz CT molecular complexity index is 762. The molecule has 0 radical (unpaired) electrons. The second-order valence-electron chi connectivity index (χ2n) is 7.40. The molecule has 1 saturated carbocycles. The summed E-state index contributed by atoms with van der Waals surface area (Å²) in [5.41, 5.74) is 0.900. The van der Waals surface area contributed by atoms with E-state index in [1.54, 1.807) is 12.1 Å². The molecule has 1 N–H and O–H groups in total. The number of rotatable bonds is 6. The van der Waals surface area contributed by atoms with Gasteiger partial charge in [-0.25, -0.2) is 4.98 Å². The van der Waals surface area contributed by atoms with E-state index in [4.69, 9.17) is 7.80 Å². The fourth-order valence-electron chi connectivity index (χ4n) is 4.32. The molecule has 27 heavy (non-hydrogen) atoms. The lowest BCUT2D eigenvalue weighted by molar-refractivity contribution is 0.115. The van der Waals surface area contributed by atoms with E-state index in [1.165, 1.54) is 6.20 Å². The monoisotopic (exact) mass is 484 g/mol. The van der Waals surface area contributed by atoms with Crippen LogP contribution in [0.25, 0.3) is 0 Å². The van der Waals surface area contributed by atoms with E-state index in [1.807, 2.05) is 47.3 Å². The van der Waals surface area contributed by atoms with Crippen molar-refractivity contribution in [2.75, 3.05) is 19.6 Å². The van der Waals surface area contributed by atoms with E-state index in [-0.39, 0.29) is 11.9 Å². The first-order chi connectivity index (χ1) is 13.1. The average molecular weight is 484 g/mol. The van der Waals surface area contributed by atoms with Gasteiger partial charge in [0.05, 0.1) is 12.2 Å². The lowest BCUT2D eigenvalue weighted by Crippen LogP contribution is -2.29. The third-order valence-electron chi connectivity index (χ3n) is 5.59. The summed E-state index contributed by atoms with van der Waals surface area (Å²) in [6, 6.07) is 10.9. The Labute approximate surface area is 172 Å². The van der Waals surface area contributed by atoms with Gasteiger partial charge in [0.2, 0.25) is 0 Å².